The van der Waals surface area contributed by atoms with Crippen LogP contribution in [-0.4, -0.2) is 51.0 Å². The number of hydrogen-bond donors (Lipinski definition) is 1. The number of rotatable bonds is 9. The second-order valence-electron chi connectivity index (χ2n) is 7.29. The van der Waals surface area contributed by atoms with Crippen molar-refractivity contribution in [2.24, 2.45) is 0 Å². The lowest BCUT2D eigenvalue weighted by Gasteiger charge is -2.25. The summed E-state index contributed by atoms with van der Waals surface area (Å²) in [7, 11) is -3.45. The number of benzene rings is 2. The third-order valence-corrected chi connectivity index (χ3v) is 7.11. The first-order chi connectivity index (χ1) is 14.9. The van der Waals surface area contributed by atoms with Gasteiger partial charge in [-0.15, -0.1) is 0 Å². The highest BCUT2D eigenvalue weighted by Crippen LogP contribution is 2.22. The van der Waals surface area contributed by atoms with Crippen LogP contribution in [0.25, 0.3) is 0 Å². The van der Waals surface area contributed by atoms with Crippen LogP contribution >= 0.6 is 11.6 Å². The van der Waals surface area contributed by atoms with Crippen molar-refractivity contribution in [1.82, 2.24) is 9.62 Å². The minimum atomic E-state index is -3.45. The van der Waals surface area contributed by atoms with Gasteiger partial charge in [0.15, 0.2) is 6.10 Å². The number of sulfonamides is 1. The van der Waals surface area contributed by atoms with E-state index in [-0.39, 0.29) is 17.4 Å². The molecule has 2 aromatic carbocycles. The first kappa shape index (κ1) is 23.4. The summed E-state index contributed by atoms with van der Waals surface area (Å²) in [6.45, 7) is 3.34. The normalized spacial score (nSPS) is 15.8. The molecule has 0 saturated carbocycles. The molecule has 1 amide bonds. The van der Waals surface area contributed by atoms with Crippen molar-refractivity contribution in [3.63, 3.8) is 0 Å². The topological polar surface area (TPSA) is 84.9 Å². The van der Waals surface area contributed by atoms with Gasteiger partial charge in [-0.3, -0.25) is 4.79 Å². The molecule has 168 valence electrons. The largest absolute Gasteiger partial charge is 0.492 e. The van der Waals surface area contributed by atoms with Crippen LogP contribution in [0.2, 0.25) is 5.02 Å². The van der Waals surface area contributed by atoms with Gasteiger partial charge in [-0.1, -0.05) is 18.0 Å². The van der Waals surface area contributed by atoms with Crippen molar-refractivity contribution in [3.8, 4) is 11.5 Å². The van der Waals surface area contributed by atoms with E-state index in [1.165, 1.54) is 4.31 Å². The van der Waals surface area contributed by atoms with E-state index in [1.807, 2.05) is 0 Å². The van der Waals surface area contributed by atoms with Crippen LogP contribution in [0.3, 0.4) is 0 Å². The standard InChI is InChI=1S/C22H27ClN2O5S/c1-17(30-20-7-5-18(23)6-8-20)22(26)24-13-16-29-19-9-11-21(12-10-19)31(27,28)25-14-3-2-4-15-25/h5-12,17H,2-4,13-16H2,1H3,(H,24,26). The molecule has 0 bridgehead atoms. The lowest BCUT2D eigenvalue weighted by Crippen LogP contribution is -2.38. The first-order valence-electron chi connectivity index (χ1n) is 10.3. The highest BCUT2D eigenvalue weighted by molar-refractivity contribution is 7.89. The first-order valence-corrected chi connectivity index (χ1v) is 12.1. The molecule has 1 saturated heterocycles. The predicted octanol–water partition coefficient (Wildman–Crippen LogP) is 3.48. The number of hydrogen-bond acceptors (Lipinski definition) is 5. The third-order valence-electron chi connectivity index (χ3n) is 4.94. The molecule has 0 aromatic heterocycles. The van der Waals surface area contributed by atoms with Crippen LogP contribution in [-0.2, 0) is 14.8 Å². The molecule has 2 aromatic rings. The molecule has 0 radical (unpaired) electrons. The minimum absolute atomic E-state index is 0.248. The molecule has 1 atom stereocenters. The van der Waals surface area contributed by atoms with Gasteiger partial charge in [0.25, 0.3) is 5.91 Å². The average Bonchev–Trinajstić information content (AvgIpc) is 2.79. The van der Waals surface area contributed by atoms with E-state index in [9.17, 15) is 13.2 Å². The van der Waals surface area contributed by atoms with Gasteiger partial charge in [-0.2, -0.15) is 4.31 Å². The maximum atomic E-state index is 12.7. The maximum Gasteiger partial charge on any atom is 0.260 e. The molecular formula is C22H27ClN2O5S. The zero-order chi connectivity index (χ0) is 22.3. The zero-order valence-electron chi connectivity index (χ0n) is 17.4. The van der Waals surface area contributed by atoms with Crippen molar-refractivity contribution in [2.75, 3.05) is 26.2 Å². The summed E-state index contributed by atoms with van der Waals surface area (Å²) in [5.74, 6) is 0.835. The highest BCUT2D eigenvalue weighted by atomic mass is 35.5. The van der Waals surface area contributed by atoms with E-state index in [0.717, 1.165) is 19.3 Å². The average molecular weight is 467 g/mol. The Kier molecular flexibility index (Phi) is 8.17. The SMILES string of the molecule is CC(Oc1ccc(Cl)cc1)C(=O)NCCOc1ccc(S(=O)(=O)N2CCCCC2)cc1. The molecule has 9 heteroatoms. The number of nitrogens with zero attached hydrogens (tertiary/aromatic N) is 1. The molecule has 31 heavy (non-hydrogen) atoms. The van der Waals surface area contributed by atoms with Gasteiger partial charge >= 0.3 is 0 Å². The monoisotopic (exact) mass is 466 g/mol. The molecule has 1 heterocycles. The Labute approximate surface area is 188 Å². The lowest BCUT2D eigenvalue weighted by atomic mass is 10.2. The Morgan fingerprint density at radius 1 is 1.03 bits per heavy atom. The van der Waals surface area contributed by atoms with E-state index in [4.69, 9.17) is 21.1 Å². The number of carbonyl (C=O) groups is 1. The van der Waals surface area contributed by atoms with Crippen LogP contribution in [0.15, 0.2) is 53.4 Å². The number of halogens is 1. The molecule has 1 unspecified atom stereocenters. The Morgan fingerprint density at radius 3 is 2.29 bits per heavy atom. The van der Waals surface area contributed by atoms with E-state index < -0.39 is 16.1 Å². The smallest absolute Gasteiger partial charge is 0.260 e. The molecule has 1 aliphatic rings. The Hall–Kier alpha value is -2.29. The fourth-order valence-electron chi connectivity index (χ4n) is 3.22. The van der Waals surface area contributed by atoms with Gasteiger partial charge in [0, 0.05) is 18.1 Å². The number of amides is 1. The van der Waals surface area contributed by atoms with Gasteiger partial charge in [-0.05, 0) is 68.3 Å². The fourth-order valence-corrected chi connectivity index (χ4v) is 4.86. The summed E-state index contributed by atoms with van der Waals surface area (Å²) in [6.07, 6.45) is 2.20. The third kappa shape index (κ3) is 6.59. The van der Waals surface area contributed by atoms with Gasteiger partial charge in [0.1, 0.15) is 18.1 Å². The number of ether oxygens (including phenoxy) is 2. The van der Waals surface area contributed by atoms with Crippen LogP contribution < -0.4 is 14.8 Å². The molecular weight excluding hydrogens is 440 g/mol. The molecule has 1 fully saturated rings. The summed E-state index contributed by atoms with van der Waals surface area (Å²) in [4.78, 5) is 12.4. The van der Waals surface area contributed by atoms with Gasteiger partial charge in [0.2, 0.25) is 10.0 Å². The Balaban J connectivity index is 1.42. The zero-order valence-corrected chi connectivity index (χ0v) is 19.0. The lowest BCUT2D eigenvalue weighted by molar-refractivity contribution is -0.127. The molecule has 1 N–H and O–H groups in total. The quantitative estimate of drug-likeness (QED) is 0.572. The summed E-state index contributed by atoms with van der Waals surface area (Å²) < 4.78 is 38.0. The molecule has 1 aliphatic heterocycles. The molecule has 3 rings (SSSR count). The maximum absolute atomic E-state index is 12.7. The van der Waals surface area contributed by atoms with Crippen LogP contribution in [0, 0.1) is 0 Å². The molecule has 0 spiro atoms. The summed E-state index contributed by atoms with van der Waals surface area (Å²) in [5.41, 5.74) is 0. The van der Waals surface area contributed by atoms with Gasteiger partial charge in [-0.25, -0.2) is 8.42 Å². The van der Waals surface area contributed by atoms with Crippen molar-refractivity contribution < 1.29 is 22.7 Å². The minimum Gasteiger partial charge on any atom is -0.492 e. The fraction of sp³-hybridized carbons (Fsp3) is 0.409. The van der Waals surface area contributed by atoms with Crippen molar-refractivity contribution in [1.29, 1.82) is 0 Å². The summed E-state index contributed by atoms with van der Waals surface area (Å²) >= 11 is 5.83. The number of piperidine rings is 1. The van der Waals surface area contributed by atoms with Crippen LogP contribution in [0.4, 0.5) is 0 Å². The number of nitrogens with one attached hydrogen (secondary N) is 1. The van der Waals surface area contributed by atoms with Gasteiger partial charge in [0.05, 0.1) is 11.4 Å². The Bertz CT molecular complexity index is 958. The molecule has 7 nitrogen and oxygen atoms in total. The summed E-state index contributed by atoms with van der Waals surface area (Å²) in [6, 6.07) is 13.2. The van der Waals surface area contributed by atoms with E-state index in [1.54, 1.807) is 55.5 Å². The van der Waals surface area contributed by atoms with E-state index >= 15 is 0 Å². The second kappa shape index (κ2) is 10.8. The van der Waals surface area contributed by atoms with Crippen LogP contribution in [0.1, 0.15) is 26.2 Å². The molecule has 0 aliphatic carbocycles. The van der Waals surface area contributed by atoms with Crippen LogP contribution in [0.5, 0.6) is 11.5 Å². The Morgan fingerprint density at radius 2 is 1.65 bits per heavy atom. The second-order valence-corrected chi connectivity index (χ2v) is 9.66. The van der Waals surface area contributed by atoms with Gasteiger partial charge < -0.3 is 14.8 Å². The van der Waals surface area contributed by atoms with Crippen molar-refractivity contribution >= 4 is 27.5 Å². The van der Waals surface area contributed by atoms with Crippen molar-refractivity contribution in [2.45, 2.75) is 37.2 Å². The van der Waals surface area contributed by atoms with E-state index in [2.05, 4.69) is 5.32 Å². The van der Waals surface area contributed by atoms with Crippen molar-refractivity contribution in [3.05, 3.63) is 53.6 Å². The number of carbonyl (C=O) groups excluding carboxylic acids is 1. The predicted molar refractivity (Wildman–Crippen MR) is 119 cm³/mol. The highest BCUT2D eigenvalue weighted by Gasteiger charge is 2.25. The van der Waals surface area contributed by atoms with E-state index in [0.29, 0.717) is 36.2 Å². The summed E-state index contributed by atoms with van der Waals surface area (Å²) in [5, 5.41) is 3.34.